The number of furan rings is 1. The van der Waals surface area contributed by atoms with Crippen LogP contribution in [0, 0.1) is 13.8 Å². The van der Waals surface area contributed by atoms with E-state index in [-0.39, 0.29) is 17.9 Å². The summed E-state index contributed by atoms with van der Waals surface area (Å²) >= 11 is 7.48. The molecule has 0 saturated carbocycles. The van der Waals surface area contributed by atoms with Crippen LogP contribution in [0.15, 0.2) is 47.1 Å². The Morgan fingerprint density at radius 3 is 2.59 bits per heavy atom. The van der Waals surface area contributed by atoms with Gasteiger partial charge in [-0.25, -0.2) is 0 Å². The number of hydrogen-bond donors (Lipinski definition) is 1. The summed E-state index contributed by atoms with van der Waals surface area (Å²) in [6.45, 7) is 5.64. The molecule has 1 N–H and O–H groups in total. The smallest absolute Gasteiger partial charge is 0.287 e. The second-order valence-corrected chi connectivity index (χ2v) is 10.1. The van der Waals surface area contributed by atoms with E-state index in [2.05, 4.69) is 10.4 Å². The first-order chi connectivity index (χ1) is 16.4. The number of benzene rings is 1. The molecule has 34 heavy (non-hydrogen) atoms. The molecular weight excluding hydrogens is 472 g/mol. The third-order valence-corrected chi connectivity index (χ3v) is 7.64. The van der Waals surface area contributed by atoms with Crippen LogP contribution in [0.2, 0.25) is 5.02 Å². The van der Waals surface area contributed by atoms with Gasteiger partial charge in [-0.2, -0.15) is 5.10 Å². The topological polar surface area (TPSA) is 80.4 Å². The van der Waals surface area contributed by atoms with Crippen LogP contribution in [0.4, 0.5) is 0 Å². The fourth-order valence-corrected chi connectivity index (χ4v) is 5.58. The first-order valence-corrected chi connectivity index (χ1v) is 12.4. The minimum Gasteiger partial charge on any atom is -0.459 e. The van der Waals surface area contributed by atoms with E-state index in [1.165, 1.54) is 17.6 Å². The summed E-state index contributed by atoms with van der Waals surface area (Å²) in [7, 11) is 0. The molecule has 3 aromatic heterocycles. The van der Waals surface area contributed by atoms with Crippen LogP contribution in [0.3, 0.4) is 0 Å². The molecule has 0 bridgehead atoms. The summed E-state index contributed by atoms with van der Waals surface area (Å²) in [6, 6.07) is 11.5. The third kappa shape index (κ3) is 4.48. The normalized spacial score (nSPS) is 14.6. The Morgan fingerprint density at radius 1 is 1.18 bits per heavy atom. The first-order valence-electron chi connectivity index (χ1n) is 11.2. The molecule has 9 heteroatoms. The maximum Gasteiger partial charge on any atom is 0.287 e. The van der Waals surface area contributed by atoms with Crippen molar-refractivity contribution in [2.45, 2.75) is 39.3 Å². The number of nitrogens with zero attached hydrogens (tertiary/aromatic N) is 3. The van der Waals surface area contributed by atoms with Gasteiger partial charge < -0.3 is 14.6 Å². The molecule has 1 aliphatic heterocycles. The Morgan fingerprint density at radius 2 is 1.91 bits per heavy atom. The quantitative estimate of drug-likeness (QED) is 0.419. The molecule has 0 radical (unpaired) electrons. The number of aryl methyl sites for hydroxylation is 2. The Labute approximate surface area is 206 Å². The van der Waals surface area contributed by atoms with Crippen LogP contribution in [0.25, 0.3) is 10.2 Å². The molecule has 0 spiro atoms. The van der Waals surface area contributed by atoms with E-state index in [1.807, 2.05) is 53.8 Å². The van der Waals surface area contributed by atoms with Gasteiger partial charge in [-0.05, 0) is 56.5 Å². The van der Waals surface area contributed by atoms with E-state index in [0.717, 1.165) is 27.0 Å². The van der Waals surface area contributed by atoms with Crippen molar-refractivity contribution in [1.82, 2.24) is 20.0 Å². The molecule has 4 heterocycles. The fraction of sp³-hybridized carbons (Fsp3) is 0.320. The van der Waals surface area contributed by atoms with E-state index in [0.29, 0.717) is 48.1 Å². The lowest BCUT2D eigenvalue weighted by molar-refractivity contribution is 0.0700. The Hall–Kier alpha value is -3.10. The molecule has 5 rings (SSSR count). The standard InChI is InChI=1S/C25H25ClN4O3S/c1-15-9-12-33-22(15)23(31)27-19-7-10-29(11-8-19)24(32)21-13-20-16(2)28-30(25(20)34-21)14-17-3-5-18(26)6-4-17/h3-6,9,12-13,19H,7-8,10-11,14H2,1-2H3,(H,27,31). The van der Waals surface area contributed by atoms with Crippen LogP contribution in [-0.4, -0.2) is 45.6 Å². The first kappa shape index (κ1) is 22.7. The monoisotopic (exact) mass is 496 g/mol. The average molecular weight is 497 g/mol. The number of piperidine rings is 1. The minimum absolute atomic E-state index is 0.0265. The van der Waals surface area contributed by atoms with Gasteiger partial charge in [-0.15, -0.1) is 11.3 Å². The summed E-state index contributed by atoms with van der Waals surface area (Å²) < 4.78 is 7.23. The number of carbonyl (C=O) groups excluding carboxylic acids is 2. The largest absolute Gasteiger partial charge is 0.459 e. The van der Waals surface area contributed by atoms with Gasteiger partial charge in [0.15, 0.2) is 5.76 Å². The van der Waals surface area contributed by atoms with Gasteiger partial charge in [-0.1, -0.05) is 23.7 Å². The van der Waals surface area contributed by atoms with Gasteiger partial charge in [0, 0.05) is 35.1 Å². The van der Waals surface area contributed by atoms with Crippen molar-refractivity contribution in [3.8, 4) is 0 Å². The van der Waals surface area contributed by atoms with Crippen LogP contribution >= 0.6 is 22.9 Å². The molecule has 7 nitrogen and oxygen atoms in total. The van der Waals surface area contributed by atoms with Gasteiger partial charge in [0.05, 0.1) is 23.4 Å². The number of hydrogen-bond acceptors (Lipinski definition) is 5. The summed E-state index contributed by atoms with van der Waals surface area (Å²) in [5, 5.41) is 9.41. The van der Waals surface area contributed by atoms with Crippen molar-refractivity contribution in [1.29, 1.82) is 0 Å². The molecule has 1 aromatic carbocycles. The Kier molecular flexibility index (Phi) is 6.18. The zero-order chi connectivity index (χ0) is 23.8. The minimum atomic E-state index is -0.197. The molecule has 1 aliphatic rings. The lowest BCUT2D eigenvalue weighted by Crippen LogP contribution is -2.46. The van der Waals surface area contributed by atoms with Crippen molar-refractivity contribution in [3.63, 3.8) is 0 Å². The highest BCUT2D eigenvalue weighted by Gasteiger charge is 2.27. The zero-order valence-electron chi connectivity index (χ0n) is 19.0. The number of nitrogens with one attached hydrogen (secondary N) is 1. The highest BCUT2D eigenvalue weighted by Crippen LogP contribution is 2.30. The van der Waals surface area contributed by atoms with Gasteiger partial charge in [-0.3, -0.25) is 14.3 Å². The summed E-state index contributed by atoms with van der Waals surface area (Å²) in [5.41, 5.74) is 2.83. The van der Waals surface area contributed by atoms with Crippen molar-refractivity contribution in [2.24, 2.45) is 0 Å². The lowest BCUT2D eigenvalue weighted by atomic mass is 10.0. The van der Waals surface area contributed by atoms with Gasteiger partial charge >= 0.3 is 0 Å². The van der Waals surface area contributed by atoms with E-state index in [9.17, 15) is 9.59 Å². The average Bonchev–Trinajstić information content (AvgIpc) is 3.53. The Balaban J connectivity index is 1.25. The van der Waals surface area contributed by atoms with E-state index in [4.69, 9.17) is 16.0 Å². The molecule has 0 atom stereocenters. The molecule has 1 saturated heterocycles. The number of aromatic nitrogens is 2. The number of thiophene rings is 1. The molecule has 0 unspecified atom stereocenters. The molecule has 4 aromatic rings. The molecule has 0 aliphatic carbocycles. The van der Waals surface area contributed by atoms with Crippen LogP contribution in [0.5, 0.6) is 0 Å². The van der Waals surface area contributed by atoms with Crippen LogP contribution in [0.1, 0.15) is 49.9 Å². The molecule has 176 valence electrons. The molecule has 2 amide bonds. The highest BCUT2D eigenvalue weighted by atomic mass is 35.5. The van der Waals surface area contributed by atoms with E-state index < -0.39 is 0 Å². The van der Waals surface area contributed by atoms with Gasteiger partial charge in [0.1, 0.15) is 4.83 Å². The van der Waals surface area contributed by atoms with Crippen LogP contribution < -0.4 is 5.32 Å². The SMILES string of the molecule is Cc1ccoc1C(=O)NC1CCN(C(=O)c2cc3c(C)nn(Cc4ccc(Cl)cc4)c3s2)CC1. The predicted octanol–water partition coefficient (Wildman–Crippen LogP) is 5.04. The van der Waals surface area contributed by atoms with Crippen molar-refractivity contribution >= 4 is 45.0 Å². The highest BCUT2D eigenvalue weighted by molar-refractivity contribution is 7.20. The van der Waals surface area contributed by atoms with Crippen molar-refractivity contribution in [2.75, 3.05) is 13.1 Å². The number of halogens is 1. The summed E-state index contributed by atoms with van der Waals surface area (Å²) in [4.78, 5) is 29.2. The van der Waals surface area contributed by atoms with E-state index >= 15 is 0 Å². The number of amides is 2. The fourth-order valence-electron chi connectivity index (χ4n) is 4.33. The van der Waals surface area contributed by atoms with Crippen molar-refractivity contribution in [3.05, 3.63) is 75.1 Å². The number of rotatable bonds is 5. The summed E-state index contributed by atoms with van der Waals surface area (Å²) in [5.74, 6) is 0.189. The van der Waals surface area contributed by atoms with Crippen molar-refractivity contribution < 1.29 is 14.0 Å². The third-order valence-electron chi connectivity index (χ3n) is 6.25. The maximum atomic E-state index is 13.2. The second kappa shape index (κ2) is 9.27. The molecular formula is C25H25ClN4O3S. The summed E-state index contributed by atoms with van der Waals surface area (Å²) in [6.07, 6.45) is 2.95. The maximum absolute atomic E-state index is 13.2. The Bertz CT molecular complexity index is 1350. The number of likely N-dealkylation sites (tertiary alicyclic amines) is 1. The number of fused-ring (bicyclic) bond motifs is 1. The van der Waals surface area contributed by atoms with Crippen LogP contribution in [-0.2, 0) is 6.54 Å². The second-order valence-electron chi connectivity index (χ2n) is 8.67. The predicted molar refractivity (Wildman–Crippen MR) is 133 cm³/mol. The van der Waals surface area contributed by atoms with Gasteiger partial charge in [0.2, 0.25) is 0 Å². The molecule has 1 fully saturated rings. The number of carbonyl (C=O) groups is 2. The van der Waals surface area contributed by atoms with Gasteiger partial charge in [0.25, 0.3) is 11.8 Å². The van der Waals surface area contributed by atoms with E-state index in [1.54, 1.807) is 6.07 Å². The zero-order valence-corrected chi connectivity index (χ0v) is 20.6. The lowest BCUT2D eigenvalue weighted by Gasteiger charge is -2.32.